The highest BCUT2D eigenvalue weighted by Crippen LogP contribution is 2.37. The average Bonchev–Trinajstić information content (AvgIpc) is 2.74. The van der Waals surface area contributed by atoms with E-state index in [1.807, 2.05) is 11.6 Å². The van der Waals surface area contributed by atoms with E-state index in [0.717, 1.165) is 23.8 Å². The Morgan fingerprint density at radius 3 is 3.06 bits per heavy atom. The Labute approximate surface area is 102 Å². The predicted octanol–water partition coefficient (Wildman–Crippen LogP) is 3.68. The quantitative estimate of drug-likeness (QED) is 0.816. The van der Waals surface area contributed by atoms with Crippen LogP contribution in [-0.2, 0) is 5.54 Å². The van der Waals surface area contributed by atoms with Crippen LogP contribution in [0.25, 0.3) is 0 Å². The van der Waals surface area contributed by atoms with E-state index >= 15 is 0 Å². The van der Waals surface area contributed by atoms with Crippen LogP contribution in [0.15, 0.2) is 11.6 Å². The molecule has 1 saturated carbocycles. The van der Waals surface area contributed by atoms with Gasteiger partial charge in [-0.2, -0.15) is 0 Å². The van der Waals surface area contributed by atoms with Crippen LogP contribution >= 0.6 is 11.3 Å². The topological polar surface area (TPSA) is 38.9 Å². The predicted molar refractivity (Wildman–Crippen MR) is 69.5 cm³/mol. The van der Waals surface area contributed by atoms with Gasteiger partial charge in [0, 0.05) is 11.6 Å². The first-order valence-corrected chi connectivity index (χ1v) is 7.31. The summed E-state index contributed by atoms with van der Waals surface area (Å²) < 4.78 is 0. The molecule has 0 amide bonds. The van der Waals surface area contributed by atoms with Gasteiger partial charge in [0.1, 0.15) is 5.01 Å². The van der Waals surface area contributed by atoms with E-state index < -0.39 is 0 Å². The van der Waals surface area contributed by atoms with Crippen molar-refractivity contribution in [2.75, 3.05) is 0 Å². The number of thiazole rings is 1. The molecule has 0 bridgehead atoms. The Morgan fingerprint density at radius 2 is 2.38 bits per heavy atom. The van der Waals surface area contributed by atoms with Crippen molar-refractivity contribution in [2.24, 2.45) is 11.7 Å². The second kappa shape index (κ2) is 5.28. The lowest BCUT2D eigenvalue weighted by Gasteiger charge is -2.25. The largest absolute Gasteiger partial charge is 0.319 e. The molecular weight excluding hydrogens is 216 g/mol. The number of aromatic nitrogens is 1. The molecule has 1 aliphatic rings. The first-order valence-electron chi connectivity index (χ1n) is 6.43. The summed E-state index contributed by atoms with van der Waals surface area (Å²) in [6.07, 6.45) is 10.7. The lowest BCUT2D eigenvalue weighted by Crippen LogP contribution is -2.35. The summed E-state index contributed by atoms with van der Waals surface area (Å²) in [4.78, 5) is 4.42. The van der Waals surface area contributed by atoms with Crippen molar-refractivity contribution >= 4 is 11.3 Å². The maximum atomic E-state index is 6.53. The Morgan fingerprint density at radius 1 is 1.50 bits per heavy atom. The van der Waals surface area contributed by atoms with Crippen LogP contribution in [-0.4, -0.2) is 4.98 Å². The molecule has 2 nitrogen and oxygen atoms in total. The summed E-state index contributed by atoms with van der Waals surface area (Å²) >= 11 is 1.72. The highest BCUT2D eigenvalue weighted by Gasteiger charge is 2.32. The first kappa shape index (κ1) is 12.1. The molecule has 1 fully saturated rings. The monoisotopic (exact) mass is 238 g/mol. The van der Waals surface area contributed by atoms with Crippen LogP contribution in [0.3, 0.4) is 0 Å². The van der Waals surface area contributed by atoms with Gasteiger partial charge < -0.3 is 5.73 Å². The van der Waals surface area contributed by atoms with E-state index in [-0.39, 0.29) is 5.54 Å². The van der Waals surface area contributed by atoms with Gasteiger partial charge in [-0.25, -0.2) is 4.98 Å². The fourth-order valence-corrected chi connectivity index (χ4v) is 3.63. The number of nitrogens with two attached hydrogens (primary N) is 1. The SMILES string of the molecule is CCCC1CCCC(N)(c2nccs2)CC1. The Balaban J connectivity index is 2.02. The molecular formula is C13H22N2S. The molecule has 1 heterocycles. The molecule has 3 heteroatoms. The lowest BCUT2D eigenvalue weighted by atomic mass is 9.90. The van der Waals surface area contributed by atoms with Gasteiger partial charge in [0.15, 0.2) is 0 Å². The standard InChI is InChI=1S/C13H22N2S/c1-2-4-11-5-3-7-13(14,8-6-11)12-15-9-10-16-12/h9-11H,2-8,14H2,1H3. The highest BCUT2D eigenvalue weighted by atomic mass is 32.1. The third kappa shape index (κ3) is 2.64. The molecule has 0 spiro atoms. The Bertz CT molecular complexity index is 310. The fraction of sp³-hybridized carbons (Fsp3) is 0.769. The van der Waals surface area contributed by atoms with Gasteiger partial charge in [-0.1, -0.05) is 32.6 Å². The second-order valence-electron chi connectivity index (χ2n) is 5.08. The first-order chi connectivity index (χ1) is 7.74. The molecule has 0 saturated heterocycles. The van der Waals surface area contributed by atoms with E-state index in [2.05, 4.69) is 11.9 Å². The molecule has 0 aliphatic heterocycles. The van der Waals surface area contributed by atoms with Crippen molar-refractivity contribution in [3.63, 3.8) is 0 Å². The summed E-state index contributed by atoms with van der Waals surface area (Å²) in [5.41, 5.74) is 6.40. The van der Waals surface area contributed by atoms with Gasteiger partial charge in [-0.3, -0.25) is 0 Å². The maximum absolute atomic E-state index is 6.53. The van der Waals surface area contributed by atoms with Crippen LogP contribution in [0.4, 0.5) is 0 Å². The van der Waals surface area contributed by atoms with E-state index in [1.54, 1.807) is 11.3 Å². The van der Waals surface area contributed by atoms with Gasteiger partial charge in [0.2, 0.25) is 0 Å². The number of hydrogen-bond donors (Lipinski definition) is 1. The molecule has 0 radical (unpaired) electrons. The highest BCUT2D eigenvalue weighted by molar-refractivity contribution is 7.09. The van der Waals surface area contributed by atoms with Gasteiger partial charge in [-0.15, -0.1) is 11.3 Å². The van der Waals surface area contributed by atoms with Crippen LogP contribution in [0.5, 0.6) is 0 Å². The number of nitrogens with zero attached hydrogens (tertiary/aromatic N) is 1. The fourth-order valence-electron chi connectivity index (χ4n) is 2.82. The third-order valence-corrected chi connectivity index (χ3v) is 4.78. The molecule has 0 aromatic carbocycles. The Kier molecular flexibility index (Phi) is 3.98. The molecule has 1 aliphatic carbocycles. The van der Waals surface area contributed by atoms with E-state index in [4.69, 9.17) is 5.73 Å². The molecule has 2 N–H and O–H groups in total. The summed E-state index contributed by atoms with van der Waals surface area (Å²) in [5, 5.41) is 3.18. The van der Waals surface area contributed by atoms with Crippen molar-refractivity contribution in [1.82, 2.24) is 4.98 Å². The molecule has 2 unspecified atom stereocenters. The van der Waals surface area contributed by atoms with Crippen LogP contribution in [0.2, 0.25) is 0 Å². The van der Waals surface area contributed by atoms with Gasteiger partial charge in [-0.05, 0) is 25.2 Å². The molecule has 2 rings (SSSR count). The minimum atomic E-state index is -0.128. The molecule has 1 aromatic rings. The van der Waals surface area contributed by atoms with Gasteiger partial charge in [0.05, 0.1) is 5.54 Å². The van der Waals surface area contributed by atoms with Crippen LogP contribution in [0.1, 0.15) is 56.9 Å². The maximum Gasteiger partial charge on any atom is 0.112 e. The zero-order chi connectivity index (χ0) is 11.4. The molecule has 16 heavy (non-hydrogen) atoms. The van der Waals surface area contributed by atoms with E-state index in [9.17, 15) is 0 Å². The van der Waals surface area contributed by atoms with E-state index in [0.29, 0.717) is 0 Å². The third-order valence-electron chi connectivity index (χ3n) is 3.79. The molecule has 90 valence electrons. The summed E-state index contributed by atoms with van der Waals surface area (Å²) in [5.74, 6) is 0.899. The smallest absolute Gasteiger partial charge is 0.112 e. The van der Waals surface area contributed by atoms with Crippen molar-refractivity contribution in [1.29, 1.82) is 0 Å². The van der Waals surface area contributed by atoms with Crippen LogP contribution in [0, 0.1) is 5.92 Å². The molecule has 2 atom stereocenters. The van der Waals surface area contributed by atoms with Crippen molar-refractivity contribution in [2.45, 2.75) is 57.4 Å². The number of hydrogen-bond acceptors (Lipinski definition) is 3. The zero-order valence-electron chi connectivity index (χ0n) is 10.1. The van der Waals surface area contributed by atoms with Crippen molar-refractivity contribution < 1.29 is 0 Å². The zero-order valence-corrected chi connectivity index (χ0v) is 10.9. The van der Waals surface area contributed by atoms with E-state index in [1.165, 1.54) is 32.1 Å². The second-order valence-corrected chi connectivity index (χ2v) is 5.97. The minimum Gasteiger partial charge on any atom is -0.319 e. The molecule has 1 aromatic heterocycles. The lowest BCUT2D eigenvalue weighted by molar-refractivity contribution is 0.366. The van der Waals surface area contributed by atoms with Crippen LogP contribution < -0.4 is 5.73 Å². The van der Waals surface area contributed by atoms with Crippen molar-refractivity contribution in [3.05, 3.63) is 16.6 Å². The Hall–Kier alpha value is -0.410. The summed E-state index contributed by atoms with van der Waals surface area (Å²) in [7, 11) is 0. The summed E-state index contributed by atoms with van der Waals surface area (Å²) in [6, 6.07) is 0. The minimum absolute atomic E-state index is 0.128. The van der Waals surface area contributed by atoms with Gasteiger partial charge in [0.25, 0.3) is 0 Å². The average molecular weight is 238 g/mol. The van der Waals surface area contributed by atoms with Gasteiger partial charge >= 0.3 is 0 Å². The summed E-state index contributed by atoms with van der Waals surface area (Å²) in [6.45, 7) is 2.28. The number of rotatable bonds is 3. The van der Waals surface area contributed by atoms with Crippen molar-refractivity contribution in [3.8, 4) is 0 Å². The normalized spacial score (nSPS) is 31.2.